The van der Waals surface area contributed by atoms with Crippen molar-refractivity contribution < 1.29 is 4.74 Å². The van der Waals surface area contributed by atoms with Gasteiger partial charge in [-0.25, -0.2) is 10.1 Å². The standard InChI is InChI=1S/C17H21N7O.ClH/c1-11-9-14(10-19-21-17-22-20-13(3)24(17)18)12(2)23(11)15-5-7-16(25-4)8-6-15;/h5-10H,18H2,1-4H3,(H,21,22);1H/b19-10+;. The third-order valence-corrected chi connectivity index (χ3v) is 4.04. The number of hydrazone groups is 1. The highest BCUT2D eigenvalue weighted by Gasteiger charge is 2.10. The molecule has 26 heavy (non-hydrogen) atoms. The van der Waals surface area contributed by atoms with Crippen molar-refractivity contribution in [3.63, 3.8) is 0 Å². The maximum Gasteiger partial charge on any atom is 0.263 e. The number of hydrogen-bond acceptors (Lipinski definition) is 6. The summed E-state index contributed by atoms with van der Waals surface area (Å²) in [4.78, 5) is 0. The molecule has 0 unspecified atom stereocenters. The number of hydrogen-bond donors (Lipinski definition) is 2. The third kappa shape index (κ3) is 3.65. The number of nitrogens with two attached hydrogens (primary N) is 1. The second kappa shape index (κ2) is 7.92. The van der Waals surface area contributed by atoms with Gasteiger partial charge in [-0.1, -0.05) is 0 Å². The highest BCUT2D eigenvalue weighted by atomic mass is 35.5. The summed E-state index contributed by atoms with van der Waals surface area (Å²) in [6, 6.07) is 10.0. The molecular weight excluding hydrogens is 354 g/mol. The van der Waals surface area contributed by atoms with Gasteiger partial charge in [-0.05, 0) is 51.1 Å². The Morgan fingerprint density at radius 2 is 1.85 bits per heavy atom. The van der Waals surface area contributed by atoms with Gasteiger partial charge in [0.2, 0.25) is 0 Å². The second-order valence-corrected chi connectivity index (χ2v) is 5.67. The van der Waals surface area contributed by atoms with Gasteiger partial charge in [-0.3, -0.25) is 0 Å². The minimum absolute atomic E-state index is 0. The SMILES string of the molecule is COc1ccc(-n2c(C)cc(/C=N/Nc3nnc(C)n3N)c2C)cc1.Cl. The van der Waals surface area contributed by atoms with Crippen LogP contribution in [0.25, 0.3) is 5.69 Å². The lowest BCUT2D eigenvalue weighted by molar-refractivity contribution is 0.414. The zero-order valence-electron chi connectivity index (χ0n) is 15.1. The van der Waals surface area contributed by atoms with Crippen LogP contribution in [0.15, 0.2) is 35.4 Å². The number of benzene rings is 1. The first-order valence-corrected chi connectivity index (χ1v) is 7.81. The molecule has 3 rings (SSSR count). The normalized spacial score (nSPS) is 10.8. The van der Waals surface area contributed by atoms with Crippen LogP contribution in [0, 0.1) is 20.8 Å². The number of methoxy groups -OCH3 is 1. The summed E-state index contributed by atoms with van der Waals surface area (Å²) in [6.07, 6.45) is 1.74. The zero-order chi connectivity index (χ0) is 18.0. The van der Waals surface area contributed by atoms with Crippen LogP contribution in [0.3, 0.4) is 0 Å². The lowest BCUT2D eigenvalue weighted by Gasteiger charge is -2.10. The molecule has 0 amide bonds. The molecule has 9 heteroatoms. The smallest absolute Gasteiger partial charge is 0.263 e. The van der Waals surface area contributed by atoms with Crippen LogP contribution < -0.4 is 16.0 Å². The van der Waals surface area contributed by atoms with Crippen LogP contribution in [0.1, 0.15) is 22.8 Å². The molecule has 0 saturated carbocycles. The van der Waals surface area contributed by atoms with Crippen molar-refractivity contribution in [2.24, 2.45) is 5.10 Å². The van der Waals surface area contributed by atoms with E-state index in [-0.39, 0.29) is 12.4 Å². The van der Waals surface area contributed by atoms with Gasteiger partial charge < -0.3 is 15.1 Å². The summed E-state index contributed by atoms with van der Waals surface area (Å²) in [6.45, 7) is 5.88. The minimum Gasteiger partial charge on any atom is -0.497 e. The van der Waals surface area contributed by atoms with Gasteiger partial charge >= 0.3 is 0 Å². The Kier molecular flexibility index (Phi) is 5.89. The molecule has 0 saturated heterocycles. The molecule has 0 radical (unpaired) electrons. The number of ether oxygens (including phenoxy) is 1. The number of nitrogens with zero attached hydrogens (tertiary/aromatic N) is 5. The number of nitrogen functional groups attached to an aromatic ring is 1. The molecule has 138 valence electrons. The zero-order valence-corrected chi connectivity index (χ0v) is 15.9. The Balaban J connectivity index is 0.00000243. The first-order chi connectivity index (χ1) is 12.0. The number of halogens is 1. The van der Waals surface area contributed by atoms with Gasteiger partial charge in [0.15, 0.2) is 5.82 Å². The largest absolute Gasteiger partial charge is 0.497 e. The lowest BCUT2D eigenvalue weighted by atomic mass is 10.2. The third-order valence-electron chi connectivity index (χ3n) is 4.04. The van der Waals surface area contributed by atoms with Crippen LogP contribution in [-0.4, -0.2) is 32.8 Å². The van der Waals surface area contributed by atoms with Crippen LogP contribution in [-0.2, 0) is 0 Å². The molecule has 0 atom stereocenters. The predicted molar refractivity (Wildman–Crippen MR) is 105 cm³/mol. The molecule has 1 aromatic carbocycles. The summed E-state index contributed by atoms with van der Waals surface area (Å²) in [5.74, 6) is 7.61. The van der Waals surface area contributed by atoms with Crippen molar-refractivity contribution in [2.45, 2.75) is 20.8 Å². The molecule has 0 spiro atoms. The fraction of sp³-hybridized carbons (Fsp3) is 0.235. The maximum absolute atomic E-state index is 5.78. The molecule has 0 aliphatic heterocycles. The Bertz CT molecular complexity index is 912. The van der Waals surface area contributed by atoms with Crippen LogP contribution in [0.2, 0.25) is 0 Å². The van der Waals surface area contributed by atoms with E-state index in [1.165, 1.54) is 4.68 Å². The molecule has 3 N–H and O–H groups in total. The second-order valence-electron chi connectivity index (χ2n) is 5.67. The van der Waals surface area contributed by atoms with E-state index in [4.69, 9.17) is 10.6 Å². The lowest BCUT2D eigenvalue weighted by Crippen LogP contribution is -2.13. The van der Waals surface area contributed by atoms with E-state index in [9.17, 15) is 0 Å². The number of aryl methyl sites for hydroxylation is 2. The van der Waals surface area contributed by atoms with Gasteiger partial charge in [-0.15, -0.1) is 22.6 Å². The topological polar surface area (TPSA) is 95.3 Å². The highest BCUT2D eigenvalue weighted by Crippen LogP contribution is 2.22. The van der Waals surface area contributed by atoms with E-state index in [0.717, 1.165) is 28.4 Å². The van der Waals surface area contributed by atoms with E-state index in [1.807, 2.05) is 31.2 Å². The molecule has 3 aromatic rings. The summed E-state index contributed by atoms with van der Waals surface area (Å²) in [5.41, 5.74) is 7.07. The van der Waals surface area contributed by atoms with Gasteiger partial charge in [-0.2, -0.15) is 5.10 Å². The van der Waals surface area contributed by atoms with Gasteiger partial charge in [0, 0.05) is 22.6 Å². The Hall–Kier alpha value is -3.00. The van der Waals surface area contributed by atoms with E-state index in [0.29, 0.717) is 11.8 Å². The van der Waals surface area contributed by atoms with Crippen molar-refractivity contribution >= 4 is 24.6 Å². The van der Waals surface area contributed by atoms with E-state index in [2.05, 4.69) is 38.3 Å². The summed E-state index contributed by atoms with van der Waals surface area (Å²) < 4.78 is 8.72. The van der Waals surface area contributed by atoms with E-state index >= 15 is 0 Å². The number of rotatable bonds is 5. The minimum atomic E-state index is 0. The molecule has 8 nitrogen and oxygen atoms in total. The van der Waals surface area contributed by atoms with Crippen molar-refractivity contribution in [3.05, 3.63) is 53.1 Å². The first-order valence-electron chi connectivity index (χ1n) is 7.81. The first kappa shape index (κ1) is 19.3. The van der Waals surface area contributed by atoms with Gasteiger partial charge in [0.1, 0.15) is 5.75 Å². The molecule has 0 aliphatic rings. The summed E-state index contributed by atoms with van der Waals surface area (Å²) in [5, 5.41) is 12.0. The fourth-order valence-corrected chi connectivity index (χ4v) is 2.65. The molecule has 0 fully saturated rings. The Morgan fingerprint density at radius 1 is 1.15 bits per heavy atom. The van der Waals surface area contributed by atoms with E-state index in [1.54, 1.807) is 20.2 Å². The van der Waals surface area contributed by atoms with Gasteiger partial charge in [0.25, 0.3) is 5.95 Å². The number of aromatic nitrogens is 4. The predicted octanol–water partition coefficient (Wildman–Crippen LogP) is 2.58. The maximum atomic E-state index is 5.78. The Labute approximate surface area is 158 Å². The monoisotopic (exact) mass is 375 g/mol. The average Bonchev–Trinajstić information content (AvgIpc) is 3.08. The van der Waals surface area contributed by atoms with Crippen molar-refractivity contribution in [2.75, 3.05) is 18.4 Å². The quantitative estimate of drug-likeness (QED) is 0.406. The fourth-order valence-electron chi connectivity index (χ4n) is 2.65. The van der Waals surface area contributed by atoms with Crippen molar-refractivity contribution in [1.29, 1.82) is 0 Å². The molecule has 0 aliphatic carbocycles. The van der Waals surface area contributed by atoms with E-state index < -0.39 is 0 Å². The summed E-state index contributed by atoms with van der Waals surface area (Å²) >= 11 is 0. The number of nitrogens with one attached hydrogen (secondary N) is 1. The molecule has 2 aromatic heterocycles. The molecule has 0 bridgehead atoms. The van der Waals surface area contributed by atoms with Crippen molar-refractivity contribution in [3.8, 4) is 11.4 Å². The summed E-state index contributed by atoms with van der Waals surface area (Å²) in [7, 11) is 1.66. The average molecular weight is 376 g/mol. The van der Waals surface area contributed by atoms with Crippen molar-refractivity contribution in [1.82, 2.24) is 19.4 Å². The highest BCUT2D eigenvalue weighted by molar-refractivity contribution is 5.85. The molecular formula is C17H22ClN7O. The van der Waals surface area contributed by atoms with Crippen LogP contribution >= 0.6 is 12.4 Å². The molecule has 2 heterocycles. The van der Waals surface area contributed by atoms with Crippen LogP contribution in [0.4, 0.5) is 5.95 Å². The number of anilines is 1. The van der Waals surface area contributed by atoms with Gasteiger partial charge in [0.05, 0.1) is 13.3 Å². The van der Waals surface area contributed by atoms with Crippen LogP contribution in [0.5, 0.6) is 5.75 Å². The Morgan fingerprint density at radius 3 is 2.42 bits per heavy atom.